The maximum Gasteiger partial charge on any atom is 0.127 e. The van der Waals surface area contributed by atoms with Crippen LogP contribution < -0.4 is 4.74 Å². The molecule has 0 aromatic heterocycles. The van der Waals surface area contributed by atoms with Crippen LogP contribution in [-0.4, -0.2) is 5.60 Å². The van der Waals surface area contributed by atoms with Crippen molar-refractivity contribution in [3.05, 3.63) is 53.6 Å². The molecule has 0 heterocycles. The number of ether oxygens (including phenoxy) is 1. The smallest absolute Gasteiger partial charge is 0.127 e. The first-order valence-electron chi connectivity index (χ1n) is 7.97. The van der Waals surface area contributed by atoms with E-state index in [9.17, 15) is 0 Å². The highest BCUT2D eigenvalue weighted by molar-refractivity contribution is 5.72. The number of benzene rings is 2. The molecule has 0 bridgehead atoms. The summed E-state index contributed by atoms with van der Waals surface area (Å²) in [5.41, 5.74) is 4.89. The molecule has 0 aliphatic rings. The lowest BCUT2D eigenvalue weighted by Crippen LogP contribution is -2.23. The minimum absolute atomic E-state index is 0.125. The molecule has 0 aliphatic heterocycles. The van der Waals surface area contributed by atoms with Crippen molar-refractivity contribution in [3.8, 4) is 16.9 Å². The van der Waals surface area contributed by atoms with Crippen molar-refractivity contribution in [1.82, 2.24) is 0 Å². The van der Waals surface area contributed by atoms with Crippen LogP contribution in [0.25, 0.3) is 11.1 Å². The van der Waals surface area contributed by atoms with Gasteiger partial charge in [0.15, 0.2) is 0 Å². The van der Waals surface area contributed by atoms with Crippen LogP contribution >= 0.6 is 0 Å². The van der Waals surface area contributed by atoms with Crippen LogP contribution in [-0.2, 0) is 5.41 Å². The van der Waals surface area contributed by atoms with Gasteiger partial charge in [-0.1, -0.05) is 56.7 Å². The van der Waals surface area contributed by atoms with Crippen LogP contribution in [0, 0.1) is 6.92 Å². The molecule has 118 valence electrons. The Bertz CT molecular complexity index is 637. The number of rotatable bonds is 2. The number of hydrogen-bond donors (Lipinski definition) is 0. The molecule has 0 amide bonds. The fraction of sp³-hybridized carbons (Fsp3) is 0.429. The van der Waals surface area contributed by atoms with Gasteiger partial charge >= 0.3 is 0 Å². The van der Waals surface area contributed by atoms with E-state index in [1.54, 1.807) is 0 Å². The van der Waals surface area contributed by atoms with Gasteiger partial charge in [0.1, 0.15) is 11.4 Å². The van der Waals surface area contributed by atoms with Crippen molar-refractivity contribution in [2.75, 3.05) is 0 Å². The third-order valence-corrected chi connectivity index (χ3v) is 3.62. The fourth-order valence-electron chi connectivity index (χ4n) is 2.37. The van der Waals surface area contributed by atoms with Crippen molar-refractivity contribution in [1.29, 1.82) is 0 Å². The maximum absolute atomic E-state index is 6.19. The number of aryl methyl sites for hydroxylation is 1. The predicted octanol–water partition coefficient (Wildman–Crippen LogP) is 6.14. The molecular weight excluding hydrogens is 268 g/mol. The topological polar surface area (TPSA) is 9.23 Å². The van der Waals surface area contributed by atoms with Gasteiger partial charge in [0, 0.05) is 5.56 Å². The molecule has 0 radical (unpaired) electrons. The van der Waals surface area contributed by atoms with Gasteiger partial charge in [-0.3, -0.25) is 0 Å². The predicted molar refractivity (Wildman–Crippen MR) is 95.7 cm³/mol. The Morgan fingerprint density at radius 1 is 0.773 bits per heavy atom. The molecule has 2 aromatic rings. The lowest BCUT2D eigenvalue weighted by atomic mass is 9.85. The normalized spacial score (nSPS) is 12.3. The molecule has 0 unspecified atom stereocenters. The Morgan fingerprint density at radius 3 is 1.86 bits per heavy atom. The summed E-state index contributed by atoms with van der Waals surface area (Å²) in [5, 5.41) is 0. The second-order valence-corrected chi connectivity index (χ2v) is 8.04. The average Bonchev–Trinajstić information content (AvgIpc) is 2.37. The maximum atomic E-state index is 6.19. The minimum Gasteiger partial charge on any atom is -0.488 e. The van der Waals surface area contributed by atoms with E-state index in [0.29, 0.717) is 0 Å². The SMILES string of the molecule is Cc1ccc(-c2cc(C(C)(C)C)ccc2OC(C)(C)C)cc1. The van der Waals surface area contributed by atoms with Gasteiger partial charge in [-0.05, 0) is 56.4 Å². The van der Waals surface area contributed by atoms with Gasteiger partial charge in [0.25, 0.3) is 0 Å². The summed E-state index contributed by atoms with van der Waals surface area (Å²) in [6.45, 7) is 15.1. The van der Waals surface area contributed by atoms with Crippen molar-refractivity contribution in [2.24, 2.45) is 0 Å². The monoisotopic (exact) mass is 296 g/mol. The molecule has 0 fully saturated rings. The van der Waals surface area contributed by atoms with Crippen LogP contribution in [0.15, 0.2) is 42.5 Å². The first-order valence-corrected chi connectivity index (χ1v) is 7.97. The van der Waals surface area contributed by atoms with Gasteiger partial charge < -0.3 is 4.74 Å². The fourth-order valence-corrected chi connectivity index (χ4v) is 2.37. The largest absolute Gasteiger partial charge is 0.488 e. The molecule has 1 nitrogen and oxygen atoms in total. The summed E-state index contributed by atoms with van der Waals surface area (Å²) in [6, 6.07) is 15.2. The van der Waals surface area contributed by atoms with Gasteiger partial charge in [-0.25, -0.2) is 0 Å². The van der Waals surface area contributed by atoms with E-state index in [4.69, 9.17) is 4.74 Å². The average molecular weight is 296 g/mol. The molecule has 2 aromatic carbocycles. The second-order valence-electron chi connectivity index (χ2n) is 8.04. The van der Waals surface area contributed by atoms with Gasteiger partial charge in [0.05, 0.1) is 0 Å². The van der Waals surface area contributed by atoms with Crippen LogP contribution in [0.2, 0.25) is 0 Å². The van der Waals surface area contributed by atoms with E-state index < -0.39 is 0 Å². The van der Waals surface area contributed by atoms with Crippen molar-refractivity contribution in [3.63, 3.8) is 0 Å². The standard InChI is InChI=1S/C21H28O/c1-15-8-10-16(11-9-15)18-14-17(20(2,3)4)12-13-19(18)22-21(5,6)7/h8-14H,1-7H3. The summed E-state index contributed by atoms with van der Waals surface area (Å²) in [4.78, 5) is 0. The Labute approximate surface area is 135 Å². The molecule has 0 saturated heterocycles. The Balaban J connectivity index is 2.57. The van der Waals surface area contributed by atoms with Crippen molar-refractivity contribution >= 4 is 0 Å². The zero-order chi connectivity index (χ0) is 16.5. The summed E-state index contributed by atoms with van der Waals surface area (Å²) in [6.07, 6.45) is 0. The lowest BCUT2D eigenvalue weighted by Gasteiger charge is -2.26. The van der Waals surface area contributed by atoms with Crippen LogP contribution in [0.4, 0.5) is 0 Å². The summed E-state index contributed by atoms with van der Waals surface area (Å²) in [5.74, 6) is 0.948. The highest BCUT2D eigenvalue weighted by Crippen LogP contribution is 2.36. The summed E-state index contributed by atoms with van der Waals surface area (Å²) in [7, 11) is 0. The Hall–Kier alpha value is -1.76. The lowest BCUT2D eigenvalue weighted by molar-refractivity contribution is 0.131. The molecule has 2 rings (SSSR count). The molecular formula is C21H28O. The first-order chi connectivity index (χ1) is 10.1. The van der Waals surface area contributed by atoms with E-state index in [2.05, 4.69) is 90.9 Å². The van der Waals surface area contributed by atoms with Crippen molar-refractivity contribution < 1.29 is 4.74 Å². The van der Waals surface area contributed by atoms with Crippen molar-refractivity contribution in [2.45, 2.75) is 59.5 Å². The molecule has 0 atom stereocenters. The third-order valence-electron chi connectivity index (χ3n) is 3.62. The molecule has 0 aliphatic carbocycles. The first kappa shape index (κ1) is 16.6. The van der Waals surface area contributed by atoms with Gasteiger partial charge in [0.2, 0.25) is 0 Å². The van der Waals surface area contributed by atoms with Crippen LogP contribution in [0.1, 0.15) is 52.7 Å². The quantitative estimate of drug-likeness (QED) is 0.647. The van der Waals surface area contributed by atoms with E-state index >= 15 is 0 Å². The molecule has 22 heavy (non-hydrogen) atoms. The molecule has 0 saturated carbocycles. The van der Waals surface area contributed by atoms with Gasteiger partial charge in [-0.2, -0.15) is 0 Å². The molecule has 0 spiro atoms. The van der Waals surface area contributed by atoms with E-state index in [1.165, 1.54) is 22.3 Å². The van der Waals surface area contributed by atoms with Crippen LogP contribution in [0.3, 0.4) is 0 Å². The molecule has 1 heteroatoms. The highest BCUT2D eigenvalue weighted by Gasteiger charge is 2.19. The van der Waals surface area contributed by atoms with E-state index in [0.717, 1.165) is 5.75 Å². The Kier molecular flexibility index (Phi) is 4.37. The Morgan fingerprint density at radius 2 is 1.36 bits per heavy atom. The summed E-state index contributed by atoms with van der Waals surface area (Å²) >= 11 is 0. The highest BCUT2D eigenvalue weighted by atomic mass is 16.5. The zero-order valence-corrected chi connectivity index (χ0v) is 14.9. The summed E-state index contributed by atoms with van der Waals surface area (Å²) < 4.78 is 6.19. The minimum atomic E-state index is -0.206. The number of hydrogen-bond acceptors (Lipinski definition) is 1. The van der Waals surface area contributed by atoms with E-state index in [-0.39, 0.29) is 11.0 Å². The van der Waals surface area contributed by atoms with E-state index in [1.807, 2.05) is 0 Å². The zero-order valence-electron chi connectivity index (χ0n) is 14.9. The van der Waals surface area contributed by atoms with Crippen LogP contribution in [0.5, 0.6) is 5.75 Å². The van der Waals surface area contributed by atoms with Gasteiger partial charge in [-0.15, -0.1) is 0 Å². The molecule has 0 N–H and O–H groups in total. The third kappa shape index (κ3) is 4.13. The second kappa shape index (κ2) is 5.79.